The summed E-state index contributed by atoms with van der Waals surface area (Å²) in [4.78, 5) is 0. The lowest BCUT2D eigenvalue weighted by Crippen LogP contribution is -2.33. The maximum atomic E-state index is 13.6. The summed E-state index contributed by atoms with van der Waals surface area (Å²) in [6, 6.07) is 4.91. The second-order valence-electron chi connectivity index (χ2n) is 4.51. The number of methoxy groups -OCH3 is 1. The fraction of sp³-hybridized carbons (Fsp3) is 0.538. The van der Waals surface area contributed by atoms with Crippen molar-refractivity contribution in [3.05, 3.63) is 29.6 Å². The van der Waals surface area contributed by atoms with E-state index in [2.05, 4.69) is 5.32 Å². The highest BCUT2D eigenvalue weighted by Crippen LogP contribution is 2.29. The molecule has 0 amide bonds. The van der Waals surface area contributed by atoms with Crippen molar-refractivity contribution in [2.24, 2.45) is 11.7 Å². The molecular weight excluding hydrogens is 255 g/mol. The summed E-state index contributed by atoms with van der Waals surface area (Å²) in [5.74, 6) is 0.365. The number of halogens is 2. The molecule has 1 aliphatic heterocycles. The van der Waals surface area contributed by atoms with Crippen molar-refractivity contribution in [3.63, 3.8) is 0 Å². The van der Waals surface area contributed by atoms with Crippen molar-refractivity contribution in [2.45, 2.75) is 18.9 Å². The van der Waals surface area contributed by atoms with Gasteiger partial charge < -0.3 is 15.8 Å². The van der Waals surface area contributed by atoms with Gasteiger partial charge in [0.05, 0.1) is 7.11 Å². The number of rotatable bonds is 3. The normalized spacial score (nSPS) is 17.9. The van der Waals surface area contributed by atoms with Crippen LogP contribution >= 0.6 is 12.4 Å². The Bertz CT molecular complexity index is 383. The highest BCUT2D eigenvalue weighted by molar-refractivity contribution is 5.85. The minimum atomic E-state index is -0.339. The first kappa shape index (κ1) is 15.2. The monoisotopic (exact) mass is 274 g/mol. The van der Waals surface area contributed by atoms with E-state index in [-0.39, 0.29) is 30.0 Å². The highest BCUT2D eigenvalue weighted by atomic mass is 35.5. The molecule has 0 bridgehead atoms. The van der Waals surface area contributed by atoms with Crippen molar-refractivity contribution >= 4 is 12.4 Å². The molecule has 1 saturated heterocycles. The summed E-state index contributed by atoms with van der Waals surface area (Å²) in [7, 11) is 1.46. The van der Waals surface area contributed by atoms with Crippen molar-refractivity contribution < 1.29 is 9.13 Å². The molecule has 1 atom stereocenters. The van der Waals surface area contributed by atoms with Crippen LogP contribution in [0.4, 0.5) is 4.39 Å². The van der Waals surface area contributed by atoms with E-state index in [9.17, 15) is 4.39 Å². The van der Waals surface area contributed by atoms with Crippen LogP contribution in [0.5, 0.6) is 5.75 Å². The Morgan fingerprint density at radius 3 is 2.61 bits per heavy atom. The summed E-state index contributed by atoms with van der Waals surface area (Å²) in [5.41, 5.74) is 7.05. The van der Waals surface area contributed by atoms with Crippen molar-refractivity contribution in [3.8, 4) is 5.75 Å². The molecule has 1 aliphatic rings. The van der Waals surface area contributed by atoms with E-state index < -0.39 is 0 Å². The van der Waals surface area contributed by atoms with Gasteiger partial charge in [0.1, 0.15) is 0 Å². The van der Waals surface area contributed by atoms with Gasteiger partial charge in [0, 0.05) is 6.04 Å². The average molecular weight is 275 g/mol. The van der Waals surface area contributed by atoms with Crippen LogP contribution in [-0.2, 0) is 0 Å². The zero-order valence-corrected chi connectivity index (χ0v) is 11.3. The number of benzene rings is 1. The number of nitrogens with one attached hydrogen (secondary N) is 1. The number of ether oxygens (including phenoxy) is 1. The average Bonchev–Trinajstić information content (AvgIpc) is 2.39. The second-order valence-corrected chi connectivity index (χ2v) is 4.51. The third kappa shape index (κ3) is 3.34. The molecule has 3 N–H and O–H groups in total. The smallest absolute Gasteiger partial charge is 0.165 e. The lowest BCUT2D eigenvalue weighted by Gasteiger charge is -2.28. The molecule has 5 heteroatoms. The summed E-state index contributed by atoms with van der Waals surface area (Å²) in [6.07, 6.45) is 2.10. The van der Waals surface area contributed by atoms with Crippen LogP contribution in [0, 0.1) is 11.7 Å². The van der Waals surface area contributed by atoms with Gasteiger partial charge in [-0.3, -0.25) is 0 Å². The Hall–Kier alpha value is -0.840. The molecule has 1 aromatic rings. The molecule has 0 aromatic heterocycles. The van der Waals surface area contributed by atoms with Gasteiger partial charge >= 0.3 is 0 Å². The highest BCUT2D eigenvalue weighted by Gasteiger charge is 2.22. The molecule has 0 spiro atoms. The van der Waals surface area contributed by atoms with E-state index >= 15 is 0 Å². The molecule has 0 saturated carbocycles. The SMILES string of the molecule is COc1ccc([C@H](N)C2CCNCC2)cc1F.Cl. The van der Waals surface area contributed by atoms with Crippen molar-refractivity contribution in [1.82, 2.24) is 5.32 Å². The molecule has 18 heavy (non-hydrogen) atoms. The Morgan fingerprint density at radius 2 is 2.06 bits per heavy atom. The maximum Gasteiger partial charge on any atom is 0.165 e. The van der Waals surface area contributed by atoms with E-state index in [0.717, 1.165) is 31.5 Å². The van der Waals surface area contributed by atoms with Gasteiger partial charge in [-0.1, -0.05) is 6.07 Å². The molecule has 2 rings (SSSR count). The molecule has 1 heterocycles. The van der Waals surface area contributed by atoms with Crippen LogP contribution in [0.2, 0.25) is 0 Å². The lowest BCUT2D eigenvalue weighted by molar-refractivity contribution is 0.320. The molecular formula is C13H20ClFN2O. The van der Waals surface area contributed by atoms with E-state index in [1.807, 2.05) is 6.07 Å². The second kappa shape index (κ2) is 6.92. The third-order valence-electron chi connectivity index (χ3n) is 3.45. The number of piperidine rings is 1. The first-order chi connectivity index (χ1) is 8.22. The third-order valence-corrected chi connectivity index (χ3v) is 3.45. The Kier molecular flexibility index (Phi) is 5.85. The fourth-order valence-corrected chi connectivity index (χ4v) is 2.37. The van der Waals surface area contributed by atoms with Crippen molar-refractivity contribution in [1.29, 1.82) is 0 Å². The van der Waals surface area contributed by atoms with Gasteiger partial charge in [-0.25, -0.2) is 4.39 Å². The lowest BCUT2D eigenvalue weighted by atomic mass is 9.86. The summed E-state index contributed by atoms with van der Waals surface area (Å²) in [5, 5.41) is 3.30. The predicted molar refractivity (Wildman–Crippen MR) is 72.7 cm³/mol. The minimum Gasteiger partial charge on any atom is -0.494 e. The maximum absolute atomic E-state index is 13.6. The zero-order valence-electron chi connectivity index (χ0n) is 10.5. The molecule has 0 radical (unpaired) electrons. The molecule has 0 aliphatic carbocycles. The first-order valence-corrected chi connectivity index (χ1v) is 6.02. The number of hydrogen-bond acceptors (Lipinski definition) is 3. The van der Waals surface area contributed by atoms with E-state index in [0.29, 0.717) is 5.92 Å². The summed E-state index contributed by atoms with van der Waals surface area (Å²) >= 11 is 0. The standard InChI is InChI=1S/C13H19FN2O.ClH/c1-17-12-3-2-10(8-11(12)14)13(15)9-4-6-16-7-5-9;/h2-3,8-9,13,16H,4-7,15H2,1H3;1H/t13-;/m1./s1. The number of hydrogen-bond donors (Lipinski definition) is 2. The van der Waals surface area contributed by atoms with Crippen LogP contribution < -0.4 is 15.8 Å². The number of nitrogens with two attached hydrogens (primary N) is 1. The van der Waals surface area contributed by atoms with Gasteiger partial charge in [-0.2, -0.15) is 0 Å². The molecule has 1 fully saturated rings. The summed E-state index contributed by atoms with van der Waals surface area (Å²) in [6.45, 7) is 1.99. The van der Waals surface area contributed by atoms with Crippen LogP contribution in [0.1, 0.15) is 24.4 Å². The van der Waals surface area contributed by atoms with Gasteiger partial charge in [0.25, 0.3) is 0 Å². The van der Waals surface area contributed by atoms with Gasteiger partial charge in [-0.15, -0.1) is 12.4 Å². The van der Waals surface area contributed by atoms with Crippen LogP contribution in [0.15, 0.2) is 18.2 Å². The van der Waals surface area contributed by atoms with Gasteiger partial charge in [0.2, 0.25) is 0 Å². The van der Waals surface area contributed by atoms with E-state index in [1.54, 1.807) is 6.07 Å². The van der Waals surface area contributed by atoms with E-state index in [1.165, 1.54) is 13.2 Å². The quantitative estimate of drug-likeness (QED) is 0.889. The predicted octanol–water partition coefficient (Wildman–Crippen LogP) is 2.26. The Balaban J connectivity index is 0.00000162. The van der Waals surface area contributed by atoms with E-state index in [4.69, 9.17) is 10.5 Å². The fourth-order valence-electron chi connectivity index (χ4n) is 2.37. The zero-order chi connectivity index (χ0) is 12.3. The van der Waals surface area contributed by atoms with Crippen molar-refractivity contribution in [2.75, 3.05) is 20.2 Å². The first-order valence-electron chi connectivity index (χ1n) is 6.02. The topological polar surface area (TPSA) is 47.3 Å². The van der Waals surface area contributed by atoms with Crippen LogP contribution in [0.3, 0.4) is 0 Å². The largest absolute Gasteiger partial charge is 0.494 e. The van der Waals surface area contributed by atoms with Crippen LogP contribution in [-0.4, -0.2) is 20.2 Å². The van der Waals surface area contributed by atoms with Crippen LogP contribution in [0.25, 0.3) is 0 Å². The summed E-state index contributed by atoms with van der Waals surface area (Å²) < 4.78 is 18.5. The minimum absolute atomic E-state index is 0. The molecule has 3 nitrogen and oxygen atoms in total. The molecule has 0 unspecified atom stereocenters. The van der Waals surface area contributed by atoms with Gasteiger partial charge in [-0.05, 0) is 49.5 Å². The Morgan fingerprint density at radius 1 is 1.39 bits per heavy atom. The molecule has 102 valence electrons. The Labute approximate surface area is 113 Å². The molecule has 1 aromatic carbocycles. The van der Waals surface area contributed by atoms with Gasteiger partial charge in [0.15, 0.2) is 11.6 Å².